The molecule has 0 N–H and O–H groups in total. The summed E-state index contributed by atoms with van der Waals surface area (Å²) < 4.78 is 32.7. The van der Waals surface area contributed by atoms with Crippen molar-refractivity contribution in [2.24, 2.45) is 0 Å². The molecule has 0 saturated heterocycles. The Kier molecular flexibility index (Phi) is 7.73. The Morgan fingerprint density at radius 1 is 1.11 bits per heavy atom. The van der Waals surface area contributed by atoms with Crippen molar-refractivity contribution in [1.29, 1.82) is 0 Å². The van der Waals surface area contributed by atoms with Crippen LogP contribution in [0.4, 0.5) is 4.39 Å². The summed E-state index contributed by atoms with van der Waals surface area (Å²) in [5, 5.41) is 6.98. The van der Waals surface area contributed by atoms with Gasteiger partial charge in [0.15, 0.2) is 0 Å². The highest BCUT2D eigenvalue weighted by atomic mass is 35.5. The van der Waals surface area contributed by atoms with Gasteiger partial charge in [-0.15, -0.1) is 11.3 Å². The second kappa shape index (κ2) is 10.9. The molecule has 2 aromatic heterocycles. The summed E-state index contributed by atoms with van der Waals surface area (Å²) in [4.78, 5) is 12.8. The molecule has 0 radical (unpaired) electrons. The van der Waals surface area contributed by atoms with Crippen LogP contribution in [0.15, 0.2) is 53.9 Å². The molecule has 4 aromatic rings. The molecular formula is C26H24ClFN2O4S. The molecule has 0 amide bonds. The van der Waals surface area contributed by atoms with Crippen LogP contribution in [0.3, 0.4) is 0 Å². The molecule has 6 nitrogen and oxygen atoms in total. The molecule has 9 heteroatoms. The Bertz CT molecular complexity index is 1330. The highest BCUT2D eigenvalue weighted by Gasteiger charge is 2.21. The van der Waals surface area contributed by atoms with Gasteiger partial charge in [-0.05, 0) is 66.8 Å². The van der Waals surface area contributed by atoms with Gasteiger partial charge in [-0.25, -0.2) is 9.48 Å². The van der Waals surface area contributed by atoms with Gasteiger partial charge in [0.2, 0.25) is 11.7 Å². The van der Waals surface area contributed by atoms with E-state index in [1.165, 1.54) is 17.4 Å². The fourth-order valence-electron chi connectivity index (χ4n) is 3.51. The first-order valence-electron chi connectivity index (χ1n) is 11.0. The monoisotopic (exact) mass is 514 g/mol. The van der Waals surface area contributed by atoms with E-state index < -0.39 is 11.8 Å². The third-order valence-electron chi connectivity index (χ3n) is 5.22. The first kappa shape index (κ1) is 24.8. The number of methoxy groups -OCH3 is 1. The molecule has 2 heterocycles. The average molecular weight is 515 g/mol. The average Bonchev–Trinajstić information content (AvgIpc) is 3.43. The molecule has 0 aliphatic carbocycles. The largest absolute Gasteiger partial charge is 0.490 e. The highest BCUT2D eigenvalue weighted by Crippen LogP contribution is 2.34. The van der Waals surface area contributed by atoms with Gasteiger partial charge in [0.1, 0.15) is 18.1 Å². The number of rotatable bonds is 9. The van der Waals surface area contributed by atoms with E-state index in [0.29, 0.717) is 21.9 Å². The Hall–Kier alpha value is -3.36. The maximum absolute atomic E-state index is 15.2. The smallest absolute Gasteiger partial charge is 0.337 e. The third-order valence-corrected chi connectivity index (χ3v) is 6.61. The number of hydrogen-bond donors (Lipinski definition) is 0. The summed E-state index contributed by atoms with van der Waals surface area (Å²) in [6.45, 7) is 4.55. The number of esters is 1. The van der Waals surface area contributed by atoms with Crippen LogP contribution >= 0.6 is 22.9 Å². The van der Waals surface area contributed by atoms with Gasteiger partial charge in [0.05, 0.1) is 30.8 Å². The van der Waals surface area contributed by atoms with Gasteiger partial charge in [0.25, 0.3) is 0 Å². The van der Waals surface area contributed by atoms with Crippen molar-refractivity contribution in [2.75, 3.05) is 20.3 Å². The zero-order chi connectivity index (χ0) is 24.9. The first-order valence-corrected chi connectivity index (χ1v) is 12.2. The van der Waals surface area contributed by atoms with Gasteiger partial charge in [0, 0.05) is 10.4 Å². The minimum Gasteiger partial charge on any atom is -0.490 e. The predicted molar refractivity (Wildman–Crippen MR) is 135 cm³/mol. The number of carbonyl (C=O) groups is 1. The van der Waals surface area contributed by atoms with Gasteiger partial charge in [-0.2, -0.15) is 9.49 Å². The van der Waals surface area contributed by atoms with Crippen LogP contribution in [0.2, 0.25) is 5.02 Å². The zero-order valence-corrected chi connectivity index (χ0v) is 21.1. The molecule has 0 atom stereocenters. The minimum atomic E-state index is -0.578. The lowest BCUT2D eigenvalue weighted by molar-refractivity contribution is 0.0600. The molecule has 182 valence electrons. The molecule has 2 aromatic carbocycles. The van der Waals surface area contributed by atoms with Crippen LogP contribution in [0, 0.1) is 12.7 Å². The lowest BCUT2D eigenvalue weighted by Gasteiger charge is -2.11. The summed E-state index contributed by atoms with van der Waals surface area (Å²) in [7, 11) is 1.31. The van der Waals surface area contributed by atoms with Crippen molar-refractivity contribution in [1.82, 2.24) is 9.78 Å². The van der Waals surface area contributed by atoms with Crippen LogP contribution in [0.1, 0.15) is 22.8 Å². The number of nitrogens with zero attached hydrogens (tertiary/aromatic N) is 2. The topological polar surface area (TPSA) is 62.6 Å². The second-order valence-electron chi connectivity index (χ2n) is 7.67. The summed E-state index contributed by atoms with van der Waals surface area (Å²) in [5.41, 5.74) is 3.23. The van der Waals surface area contributed by atoms with Gasteiger partial charge in [-0.3, -0.25) is 0 Å². The quantitative estimate of drug-likeness (QED) is 0.234. The molecule has 0 fully saturated rings. The summed E-state index contributed by atoms with van der Waals surface area (Å²) in [6.07, 6.45) is 0. The van der Waals surface area contributed by atoms with Crippen LogP contribution in [0.25, 0.3) is 21.7 Å². The van der Waals surface area contributed by atoms with E-state index in [4.69, 9.17) is 25.8 Å². The molecule has 0 aliphatic heterocycles. The third kappa shape index (κ3) is 5.49. The second-order valence-corrected chi connectivity index (χ2v) is 8.99. The van der Waals surface area contributed by atoms with Crippen LogP contribution in [-0.4, -0.2) is 36.1 Å². The number of carbonyl (C=O) groups excluding carboxylic acids is 1. The predicted octanol–water partition coefficient (Wildman–Crippen LogP) is 6.64. The van der Waals surface area contributed by atoms with Crippen molar-refractivity contribution < 1.29 is 23.4 Å². The highest BCUT2D eigenvalue weighted by molar-refractivity contribution is 7.13. The van der Waals surface area contributed by atoms with Crippen LogP contribution in [0.5, 0.6) is 11.6 Å². The molecule has 0 spiro atoms. The van der Waals surface area contributed by atoms with E-state index in [0.717, 1.165) is 10.4 Å². The fourth-order valence-corrected chi connectivity index (χ4v) is 4.65. The Morgan fingerprint density at radius 2 is 1.86 bits per heavy atom. The van der Waals surface area contributed by atoms with E-state index in [1.807, 2.05) is 18.2 Å². The van der Waals surface area contributed by atoms with Crippen molar-refractivity contribution >= 4 is 28.9 Å². The Labute approximate surface area is 211 Å². The van der Waals surface area contributed by atoms with Gasteiger partial charge >= 0.3 is 5.97 Å². The molecule has 0 aliphatic rings. The lowest BCUT2D eigenvalue weighted by atomic mass is 10.1. The molecule has 35 heavy (non-hydrogen) atoms. The normalized spacial score (nSPS) is 10.9. The van der Waals surface area contributed by atoms with E-state index in [2.05, 4.69) is 23.5 Å². The molecular weight excluding hydrogens is 491 g/mol. The van der Waals surface area contributed by atoms with Crippen molar-refractivity contribution in [3.8, 4) is 33.3 Å². The van der Waals surface area contributed by atoms with Crippen LogP contribution in [-0.2, 0) is 11.3 Å². The number of aryl methyl sites for hydroxylation is 1. The SMILES string of the molecule is CCOc1c(F)c(-c2ccc(C(=O)OC)cc2)nn1CCOc1ccc(-c2cc(C)cs2)cc1Cl. The first-order chi connectivity index (χ1) is 16.9. The number of aromatic nitrogens is 2. The van der Waals surface area contributed by atoms with Gasteiger partial charge < -0.3 is 14.2 Å². The Morgan fingerprint density at radius 3 is 2.49 bits per heavy atom. The summed E-state index contributed by atoms with van der Waals surface area (Å²) in [6, 6.07) is 14.1. The summed E-state index contributed by atoms with van der Waals surface area (Å²) in [5.74, 6) is -0.483. The van der Waals surface area contributed by atoms with E-state index in [1.54, 1.807) is 42.5 Å². The Balaban J connectivity index is 1.49. The van der Waals surface area contributed by atoms with Crippen molar-refractivity contribution in [3.63, 3.8) is 0 Å². The number of ether oxygens (including phenoxy) is 3. The van der Waals surface area contributed by atoms with Gasteiger partial charge in [-0.1, -0.05) is 23.7 Å². The maximum atomic E-state index is 15.2. The molecule has 0 unspecified atom stereocenters. The number of hydrogen-bond acceptors (Lipinski definition) is 6. The summed E-state index contributed by atoms with van der Waals surface area (Å²) >= 11 is 8.10. The number of halogens is 2. The maximum Gasteiger partial charge on any atom is 0.337 e. The van der Waals surface area contributed by atoms with E-state index in [9.17, 15) is 4.79 Å². The fraction of sp³-hybridized carbons (Fsp3) is 0.231. The van der Waals surface area contributed by atoms with E-state index >= 15 is 4.39 Å². The lowest BCUT2D eigenvalue weighted by Crippen LogP contribution is -2.12. The number of thiophene rings is 1. The van der Waals surface area contributed by atoms with Crippen molar-refractivity contribution in [2.45, 2.75) is 20.4 Å². The van der Waals surface area contributed by atoms with E-state index in [-0.39, 0.29) is 31.3 Å². The van der Waals surface area contributed by atoms with Crippen molar-refractivity contribution in [3.05, 3.63) is 75.9 Å². The molecule has 4 rings (SSSR count). The molecule has 0 bridgehead atoms. The molecule has 0 saturated carbocycles. The minimum absolute atomic E-state index is 0.0256. The number of benzene rings is 2. The zero-order valence-electron chi connectivity index (χ0n) is 19.5. The van der Waals surface area contributed by atoms with Crippen LogP contribution < -0.4 is 9.47 Å². The standard InChI is InChI=1S/C26H24ClFN2O4S/c1-4-33-25-23(28)24(17-5-7-18(8-6-17)26(31)32-3)29-30(25)11-12-34-21-10-9-19(14-20(21)27)22-13-16(2)15-35-22/h5-10,13-15H,4,11-12H2,1-3H3.